The number of rotatable bonds is 5. The first-order valence-corrected chi connectivity index (χ1v) is 6.75. The van der Waals surface area contributed by atoms with Gasteiger partial charge in [0.1, 0.15) is 0 Å². The van der Waals surface area contributed by atoms with Crippen LogP contribution in [0.2, 0.25) is 0 Å². The molecule has 1 aromatic carbocycles. The topological polar surface area (TPSA) is 50.7 Å². The lowest BCUT2D eigenvalue weighted by atomic mass is 10.2. The van der Waals surface area contributed by atoms with Crippen LogP contribution in [0.5, 0.6) is 0 Å². The van der Waals surface area contributed by atoms with Crippen LogP contribution in [0.25, 0.3) is 0 Å². The minimum absolute atomic E-state index is 0.756. The van der Waals surface area contributed by atoms with Gasteiger partial charge in [0, 0.05) is 23.0 Å². The fourth-order valence-electron chi connectivity index (χ4n) is 1.25. The van der Waals surface area contributed by atoms with E-state index in [0.717, 1.165) is 17.4 Å². The molecule has 2 aromatic rings. The van der Waals surface area contributed by atoms with Crippen LogP contribution < -0.4 is 5.32 Å². The van der Waals surface area contributed by atoms with Crippen molar-refractivity contribution >= 4 is 28.4 Å². The van der Waals surface area contributed by atoms with E-state index < -0.39 is 0 Å². The highest BCUT2D eigenvalue weighted by Crippen LogP contribution is 2.18. The molecule has 1 aromatic heterocycles. The van der Waals surface area contributed by atoms with E-state index in [4.69, 9.17) is 0 Å². The lowest BCUT2D eigenvalue weighted by molar-refractivity contribution is 0.950. The van der Waals surface area contributed by atoms with Gasteiger partial charge in [0.25, 0.3) is 0 Å². The first-order chi connectivity index (χ1) is 7.88. The molecule has 0 aliphatic rings. The molecule has 0 aliphatic heterocycles. The highest BCUT2D eigenvalue weighted by Gasteiger charge is 1.98. The Morgan fingerprint density at radius 2 is 2.12 bits per heavy atom. The summed E-state index contributed by atoms with van der Waals surface area (Å²) in [6.45, 7) is 2.91. The van der Waals surface area contributed by atoms with Gasteiger partial charge in [0.15, 0.2) is 0 Å². The van der Waals surface area contributed by atoms with Gasteiger partial charge in [-0.15, -0.1) is 11.8 Å². The Balaban J connectivity index is 1.90. The molecule has 2 rings (SSSR count). The maximum atomic E-state index is 3.82. The predicted molar refractivity (Wildman–Crippen MR) is 67.9 cm³/mol. The van der Waals surface area contributed by atoms with Crippen molar-refractivity contribution in [1.29, 1.82) is 0 Å². The van der Waals surface area contributed by atoms with Gasteiger partial charge in [0.05, 0.1) is 0 Å². The average Bonchev–Trinajstić information content (AvgIpc) is 2.82. The second-order valence-corrected chi connectivity index (χ2v) is 5.17. The zero-order valence-electron chi connectivity index (χ0n) is 8.88. The maximum Gasteiger partial charge on any atom is 0.225 e. The molecule has 0 saturated heterocycles. The Morgan fingerprint density at radius 3 is 2.75 bits per heavy atom. The Labute approximate surface area is 103 Å². The summed E-state index contributed by atoms with van der Waals surface area (Å²) in [7, 11) is 0. The van der Waals surface area contributed by atoms with Gasteiger partial charge in [-0.1, -0.05) is 28.6 Å². The fraction of sp³-hybridized carbons (Fsp3) is 0.300. The maximum absolute atomic E-state index is 3.82. The van der Waals surface area contributed by atoms with Gasteiger partial charge in [-0.2, -0.15) is 0 Å². The van der Waals surface area contributed by atoms with Crippen LogP contribution >= 0.6 is 23.3 Å². The number of hydrogen-bond acceptors (Lipinski definition) is 6. The molecule has 0 radical (unpaired) electrons. The second-order valence-electron chi connectivity index (χ2n) is 3.10. The number of anilines is 1. The van der Waals surface area contributed by atoms with Gasteiger partial charge in [-0.25, -0.2) is 0 Å². The molecule has 16 heavy (non-hydrogen) atoms. The van der Waals surface area contributed by atoms with E-state index in [9.17, 15) is 0 Å². The number of thioether (sulfide) groups is 1. The molecule has 4 nitrogen and oxygen atoms in total. The van der Waals surface area contributed by atoms with Crippen LogP contribution in [0, 0.1) is 0 Å². The Kier molecular flexibility index (Phi) is 4.12. The molecule has 6 heteroatoms. The molecule has 0 aliphatic carbocycles. The lowest BCUT2D eigenvalue weighted by Gasteiger charge is -2.03. The third kappa shape index (κ3) is 3.18. The summed E-state index contributed by atoms with van der Waals surface area (Å²) >= 11 is 3.12. The molecule has 0 fully saturated rings. The van der Waals surface area contributed by atoms with E-state index in [1.165, 1.54) is 22.0 Å². The lowest BCUT2D eigenvalue weighted by Crippen LogP contribution is -1.98. The van der Waals surface area contributed by atoms with E-state index in [2.05, 4.69) is 51.3 Å². The first-order valence-electron chi connectivity index (χ1n) is 4.99. The van der Waals surface area contributed by atoms with E-state index in [-0.39, 0.29) is 0 Å². The number of aromatic nitrogens is 3. The van der Waals surface area contributed by atoms with E-state index in [0.29, 0.717) is 0 Å². The molecule has 0 spiro atoms. The number of hydrogen-bond donors (Lipinski definition) is 1. The van der Waals surface area contributed by atoms with Crippen molar-refractivity contribution in [1.82, 2.24) is 14.8 Å². The van der Waals surface area contributed by atoms with Crippen LogP contribution in [0.15, 0.2) is 29.2 Å². The number of nitrogens with zero attached hydrogens (tertiary/aromatic N) is 3. The van der Waals surface area contributed by atoms with Gasteiger partial charge in [-0.3, -0.25) is 0 Å². The third-order valence-electron chi connectivity index (χ3n) is 1.98. The summed E-state index contributed by atoms with van der Waals surface area (Å²) in [6.07, 6.45) is 0. The minimum atomic E-state index is 0.756. The quantitative estimate of drug-likeness (QED) is 0.829. The SMILES string of the molecule is CCSc1ccc(CNc2nnns2)cc1. The van der Waals surface area contributed by atoms with Crippen molar-refractivity contribution in [2.45, 2.75) is 18.4 Å². The summed E-state index contributed by atoms with van der Waals surface area (Å²) < 4.78 is 3.69. The Hall–Kier alpha value is -1.14. The third-order valence-corrected chi connectivity index (χ3v) is 3.43. The molecule has 0 amide bonds. The highest BCUT2D eigenvalue weighted by atomic mass is 32.2. The molecule has 0 unspecified atom stereocenters. The fourth-order valence-corrected chi connectivity index (χ4v) is 2.27. The minimum Gasteiger partial charge on any atom is -0.355 e. The van der Waals surface area contributed by atoms with Crippen molar-refractivity contribution in [3.8, 4) is 0 Å². The molecule has 1 N–H and O–H groups in total. The second kappa shape index (κ2) is 5.81. The predicted octanol–water partition coefficient (Wildman–Crippen LogP) is 2.66. The molecule has 0 atom stereocenters. The normalized spacial score (nSPS) is 10.3. The highest BCUT2D eigenvalue weighted by molar-refractivity contribution is 7.99. The van der Waals surface area contributed by atoms with Crippen LogP contribution in [-0.4, -0.2) is 20.6 Å². The number of benzene rings is 1. The molecule has 0 saturated carbocycles. The molecule has 84 valence electrons. The Morgan fingerprint density at radius 1 is 1.31 bits per heavy atom. The van der Waals surface area contributed by atoms with Crippen LogP contribution in [0.1, 0.15) is 12.5 Å². The summed E-state index contributed by atoms with van der Waals surface area (Å²) in [5.74, 6) is 1.11. The average molecular weight is 252 g/mol. The van der Waals surface area contributed by atoms with Crippen molar-refractivity contribution < 1.29 is 0 Å². The first kappa shape index (κ1) is 11.3. The molecule has 0 bridgehead atoms. The zero-order chi connectivity index (χ0) is 11.2. The van der Waals surface area contributed by atoms with Crippen LogP contribution in [0.4, 0.5) is 5.13 Å². The van der Waals surface area contributed by atoms with Gasteiger partial charge in [-0.05, 0) is 28.7 Å². The Bertz CT molecular complexity index is 413. The number of nitrogens with one attached hydrogen (secondary N) is 1. The largest absolute Gasteiger partial charge is 0.355 e. The van der Waals surface area contributed by atoms with Crippen molar-refractivity contribution in [3.05, 3.63) is 29.8 Å². The standard InChI is InChI=1S/C10H12N4S2/c1-2-15-9-5-3-8(4-6-9)7-11-10-12-13-14-16-10/h3-6H,2,7H2,1H3,(H,11,12,14). The van der Waals surface area contributed by atoms with E-state index in [1.807, 2.05) is 11.8 Å². The van der Waals surface area contributed by atoms with Gasteiger partial charge in [0.2, 0.25) is 5.13 Å². The van der Waals surface area contributed by atoms with Crippen LogP contribution in [0.3, 0.4) is 0 Å². The van der Waals surface area contributed by atoms with Crippen molar-refractivity contribution in [3.63, 3.8) is 0 Å². The summed E-state index contributed by atoms with van der Waals surface area (Å²) in [5.41, 5.74) is 1.23. The van der Waals surface area contributed by atoms with Crippen molar-refractivity contribution in [2.75, 3.05) is 11.1 Å². The molecular weight excluding hydrogens is 240 g/mol. The zero-order valence-corrected chi connectivity index (χ0v) is 10.5. The van der Waals surface area contributed by atoms with Crippen LogP contribution in [-0.2, 0) is 6.54 Å². The van der Waals surface area contributed by atoms with Gasteiger partial charge >= 0.3 is 0 Å². The van der Waals surface area contributed by atoms with Gasteiger partial charge < -0.3 is 5.32 Å². The van der Waals surface area contributed by atoms with E-state index in [1.54, 1.807) is 0 Å². The molecule has 1 heterocycles. The molecular formula is C10H12N4S2. The monoisotopic (exact) mass is 252 g/mol. The summed E-state index contributed by atoms with van der Waals surface area (Å²) in [6, 6.07) is 8.53. The summed E-state index contributed by atoms with van der Waals surface area (Å²) in [4.78, 5) is 1.31. The van der Waals surface area contributed by atoms with E-state index >= 15 is 0 Å². The smallest absolute Gasteiger partial charge is 0.225 e. The van der Waals surface area contributed by atoms with Crippen molar-refractivity contribution in [2.24, 2.45) is 0 Å². The summed E-state index contributed by atoms with van der Waals surface area (Å²) in [5, 5.41) is 11.3.